The van der Waals surface area contributed by atoms with Crippen LogP contribution in [0.25, 0.3) is 10.2 Å². The first kappa shape index (κ1) is 26.8. The number of thiazole rings is 1. The molecule has 1 fully saturated rings. The van der Waals surface area contributed by atoms with Crippen molar-refractivity contribution in [3.63, 3.8) is 0 Å². The van der Waals surface area contributed by atoms with E-state index in [1.165, 1.54) is 16.2 Å². The molecule has 0 spiro atoms. The van der Waals surface area contributed by atoms with E-state index in [4.69, 9.17) is 14.5 Å². The summed E-state index contributed by atoms with van der Waals surface area (Å²) in [6.45, 7) is 8.12. The highest BCUT2D eigenvalue weighted by atomic mass is 35.5. The molecule has 1 saturated heterocycles. The van der Waals surface area contributed by atoms with E-state index in [0.29, 0.717) is 54.2 Å². The number of carbonyl (C=O) groups is 3. The maximum atomic E-state index is 13.7. The molecule has 0 unspecified atom stereocenters. The summed E-state index contributed by atoms with van der Waals surface area (Å²) in [7, 11) is 0. The molecule has 2 aromatic carbocycles. The molecule has 0 atom stereocenters. The fourth-order valence-corrected chi connectivity index (χ4v) is 5.41. The van der Waals surface area contributed by atoms with Crippen LogP contribution in [0.5, 0.6) is 11.5 Å². The summed E-state index contributed by atoms with van der Waals surface area (Å²) in [5.74, 6) is 0.721. The monoisotopic (exact) mass is 543 g/mol. The molecule has 0 aliphatic carbocycles. The van der Waals surface area contributed by atoms with Crippen molar-refractivity contribution < 1.29 is 36.3 Å². The van der Waals surface area contributed by atoms with E-state index >= 15 is 0 Å². The molecule has 3 heterocycles. The van der Waals surface area contributed by atoms with Crippen molar-refractivity contribution >= 4 is 50.1 Å². The number of likely N-dealkylation sites (N-methyl/N-ethyl adjacent to an activating group) is 1. The van der Waals surface area contributed by atoms with E-state index in [-0.39, 0.29) is 43.0 Å². The zero-order valence-corrected chi connectivity index (χ0v) is 22.3. The van der Waals surface area contributed by atoms with Gasteiger partial charge < -0.3 is 26.8 Å². The average molecular weight is 544 g/mol. The minimum absolute atomic E-state index is 0. The Morgan fingerprint density at radius 3 is 2.22 bits per heavy atom. The number of benzene rings is 2. The smallest absolute Gasteiger partial charge is 0.260 e. The van der Waals surface area contributed by atoms with Gasteiger partial charge in [0.2, 0.25) is 11.8 Å². The van der Waals surface area contributed by atoms with Crippen molar-refractivity contribution in [2.45, 2.75) is 26.7 Å². The van der Waals surface area contributed by atoms with Gasteiger partial charge in [0.1, 0.15) is 13.2 Å². The van der Waals surface area contributed by atoms with Crippen molar-refractivity contribution in [3.8, 4) is 11.5 Å². The van der Waals surface area contributed by atoms with Gasteiger partial charge in [-0.1, -0.05) is 25.2 Å². The second kappa shape index (κ2) is 11.5. The lowest BCUT2D eigenvalue weighted by Crippen LogP contribution is -3.00. The highest BCUT2D eigenvalue weighted by molar-refractivity contribution is 7.22. The van der Waals surface area contributed by atoms with Gasteiger partial charge in [-0.05, 0) is 37.4 Å². The normalized spacial score (nSPS) is 14.8. The maximum Gasteiger partial charge on any atom is 0.260 e. The summed E-state index contributed by atoms with van der Waals surface area (Å²) < 4.78 is 12.3. The lowest BCUT2D eigenvalue weighted by atomic mass is 10.1. The second-order valence-electron chi connectivity index (χ2n) is 8.61. The van der Waals surface area contributed by atoms with Crippen LogP contribution >= 0.6 is 11.3 Å². The molecular weight excluding hydrogens is 516 g/mol. The van der Waals surface area contributed by atoms with Crippen LogP contribution in [0.1, 0.15) is 37.0 Å². The summed E-state index contributed by atoms with van der Waals surface area (Å²) in [6, 6.07) is 10.4. The van der Waals surface area contributed by atoms with Crippen molar-refractivity contribution in [2.24, 2.45) is 0 Å². The number of nitrogens with zero attached hydrogens (tertiary/aromatic N) is 4. The van der Waals surface area contributed by atoms with E-state index in [9.17, 15) is 14.4 Å². The van der Waals surface area contributed by atoms with Crippen molar-refractivity contribution in [1.82, 2.24) is 9.88 Å². The maximum absolute atomic E-state index is 13.7. The number of imide groups is 1. The summed E-state index contributed by atoms with van der Waals surface area (Å²) in [5, 5.41) is 0.596. The Kier molecular flexibility index (Phi) is 8.31. The van der Waals surface area contributed by atoms with Crippen LogP contribution in [0.2, 0.25) is 0 Å². The number of fused-ring (bicyclic) bond motifs is 2. The fourth-order valence-electron chi connectivity index (χ4n) is 4.41. The lowest BCUT2D eigenvalue weighted by Gasteiger charge is -2.25. The zero-order chi connectivity index (χ0) is 25.2. The molecule has 1 aromatic heterocycles. The standard InChI is InChI=1S/C26H28N4O5S.ClH/c1-3-28(4-2)11-12-29(26-27-19-15-20-21(16-22(19)36-26)35-14-13-34-20)25(33)17-5-7-18(8-6-17)30-23(31)9-10-24(30)32;/h5-8,15-16H,3-4,9-14H2,1-2H3;1H/p-1. The number of carbonyl (C=O) groups excluding carboxylic acids is 3. The summed E-state index contributed by atoms with van der Waals surface area (Å²) >= 11 is 1.43. The minimum Gasteiger partial charge on any atom is -1.00 e. The van der Waals surface area contributed by atoms with Gasteiger partial charge in [0.15, 0.2) is 16.6 Å². The van der Waals surface area contributed by atoms with Gasteiger partial charge in [-0.25, -0.2) is 4.98 Å². The number of aromatic nitrogens is 1. The number of hydrogen-bond acceptors (Lipinski definition) is 8. The lowest BCUT2D eigenvalue weighted by molar-refractivity contribution is -0.121. The molecule has 0 N–H and O–H groups in total. The quantitative estimate of drug-likeness (QED) is 0.386. The summed E-state index contributed by atoms with van der Waals surface area (Å²) in [5.41, 5.74) is 1.70. The van der Waals surface area contributed by atoms with Gasteiger partial charge in [0.05, 0.1) is 15.9 Å². The molecule has 2 aliphatic rings. The number of hydrogen-bond donors (Lipinski definition) is 0. The molecule has 196 valence electrons. The Labute approximate surface area is 225 Å². The topological polar surface area (TPSA) is 92.3 Å². The summed E-state index contributed by atoms with van der Waals surface area (Å²) in [6.07, 6.45) is 0.436. The molecule has 2 aliphatic heterocycles. The van der Waals surface area contributed by atoms with Gasteiger partial charge in [0.25, 0.3) is 5.91 Å². The van der Waals surface area contributed by atoms with Crippen LogP contribution in [-0.4, -0.2) is 67.0 Å². The molecule has 0 bridgehead atoms. The van der Waals surface area contributed by atoms with E-state index in [2.05, 4.69) is 18.7 Å². The van der Waals surface area contributed by atoms with Crippen LogP contribution < -0.4 is 31.7 Å². The van der Waals surface area contributed by atoms with E-state index in [0.717, 1.165) is 23.3 Å². The SMILES string of the molecule is CCN(CC)CCN(C(=O)c1ccc(N2C(=O)CCC2=O)cc1)c1nc2cc3c(cc2s1)OCCO3.[Cl-]. The van der Waals surface area contributed by atoms with E-state index < -0.39 is 0 Å². The largest absolute Gasteiger partial charge is 1.00 e. The summed E-state index contributed by atoms with van der Waals surface area (Å²) in [4.78, 5) is 47.8. The Morgan fingerprint density at radius 2 is 1.59 bits per heavy atom. The van der Waals surface area contributed by atoms with E-state index in [1.807, 2.05) is 12.1 Å². The van der Waals surface area contributed by atoms with Crippen LogP contribution in [-0.2, 0) is 9.59 Å². The molecule has 3 amide bonds. The third kappa shape index (κ3) is 5.41. The van der Waals surface area contributed by atoms with Crippen molar-refractivity contribution in [2.75, 3.05) is 49.2 Å². The molecule has 11 heteroatoms. The first-order chi connectivity index (χ1) is 17.5. The number of amides is 3. The number of ether oxygens (including phenoxy) is 2. The minimum atomic E-state index is -0.218. The Hall–Kier alpha value is -3.21. The first-order valence-electron chi connectivity index (χ1n) is 12.2. The van der Waals surface area contributed by atoms with Gasteiger partial charge in [-0.3, -0.25) is 24.2 Å². The average Bonchev–Trinajstić information content (AvgIpc) is 3.46. The molecule has 0 radical (unpaired) electrons. The number of anilines is 2. The Balaban J connectivity index is 0.00000320. The van der Waals surface area contributed by atoms with Crippen LogP contribution in [0.4, 0.5) is 10.8 Å². The Morgan fingerprint density at radius 1 is 0.973 bits per heavy atom. The molecule has 37 heavy (non-hydrogen) atoms. The van der Waals surface area contributed by atoms with Gasteiger partial charge in [-0.2, -0.15) is 0 Å². The van der Waals surface area contributed by atoms with Crippen LogP contribution in [0, 0.1) is 0 Å². The highest BCUT2D eigenvalue weighted by Gasteiger charge is 2.30. The van der Waals surface area contributed by atoms with Gasteiger partial charge in [-0.15, -0.1) is 0 Å². The van der Waals surface area contributed by atoms with Crippen LogP contribution in [0.3, 0.4) is 0 Å². The molecule has 0 saturated carbocycles. The molecular formula is C26H28ClN4O5S-. The predicted octanol–water partition coefficient (Wildman–Crippen LogP) is 0.714. The third-order valence-electron chi connectivity index (χ3n) is 6.48. The van der Waals surface area contributed by atoms with Crippen molar-refractivity contribution in [3.05, 3.63) is 42.0 Å². The Bertz CT molecular complexity index is 1250. The fraction of sp³-hybridized carbons (Fsp3) is 0.385. The second-order valence-corrected chi connectivity index (χ2v) is 9.62. The molecule has 5 rings (SSSR count). The first-order valence-corrected chi connectivity index (χ1v) is 13.0. The number of rotatable bonds is 8. The molecule has 9 nitrogen and oxygen atoms in total. The highest BCUT2D eigenvalue weighted by Crippen LogP contribution is 2.39. The predicted molar refractivity (Wildman–Crippen MR) is 138 cm³/mol. The van der Waals surface area contributed by atoms with Gasteiger partial charge >= 0.3 is 0 Å². The molecule has 3 aromatic rings. The van der Waals surface area contributed by atoms with E-state index in [1.54, 1.807) is 29.2 Å². The third-order valence-corrected chi connectivity index (χ3v) is 7.52. The zero-order valence-electron chi connectivity index (χ0n) is 20.7. The van der Waals surface area contributed by atoms with Crippen molar-refractivity contribution in [1.29, 1.82) is 0 Å². The van der Waals surface area contributed by atoms with Crippen LogP contribution in [0.15, 0.2) is 36.4 Å². The number of halogens is 1. The van der Waals surface area contributed by atoms with Gasteiger partial charge in [0, 0.05) is 43.6 Å².